The molecule has 21 heavy (non-hydrogen) atoms. The van der Waals surface area contributed by atoms with Crippen LogP contribution in [0.15, 0.2) is 18.5 Å². The standard InChI is InChI=1S/C16H25N3O2/c17-13-3-1-6-19(12-13)14-9-16(11-18-10-14)21-8-5-15-4-2-7-20-15/h9-11,13,15H,1-8,12,17H2. The van der Waals surface area contributed by atoms with E-state index in [0.717, 1.165) is 56.8 Å². The van der Waals surface area contributed by atoms with Gasteiger partial charge in [-0.25, -0.2) is 0 Å². The van der Waals surface area contributed by atoms with E-state index in [4.69, 9.17) is 15.2 Å². The zero-order chi connectivity index (χ0) is 14.5. The van der Waals surface area contributed by atoms with E-state index in [1.165, 1.54) is 6.42 Å². The van der Waals surface area contributed by atoms with Crippen LogP contribution in [0.3, 0.4) is 0 Å². The Kier molecular flexibility index (Phi) is 4.93. The smallest absolute Gasteiger partial charge is 0.139 e. The zero-order valence-electron chi connectivity index (χ0n) is 12.5. The first kappa shape index (κ1) is 14.6. The van der Waals surface area contributed by atoms with Gasteiger partial charge < -0.3 is 20.1 Å². The lowest BCUT2D eigenvalue weighted by atomic mass is 10.1. The average molecular weight is 291 g/mol. The van der Waals surface area contributed by atoms with Gasteiger partial charge in [-0.2, -0.15) is 0 Å². The molecule has 2 unspecified atom stereocenters. The predicted molar refractivity (Wildman–Crippen MR) is 82.7 cm³/mol. The summed E-state index contributed by atoms with van der Waals surface area (Å²) in [6.45, 7) is 3.54. The quantitative estimate of drug-likeness (QED) is 0.898. The van der Waals surface area contributed by atoms with E-state index in [2.05, 4.69) is 16.0 Å². The Bertz CT molecular complexity index is 449. The molecule has 5 heteroatoms. The molecule has 2 fully saturated rings. The highest BCUT2D eigenvalue weighted by molar-refractivity contribution is 5.48. The van der Waals surface area contributed by atoms with E-state index in [1.807, 2.05) is 6.20 Å². The molecular weight excluding hydrogens is 266 g/mol. The van der Waals surface area contributed by atoms with Crippen molar-refractivity contribution in [3.8, 4) is 5.75 Å². The molecule has 2 aliphatic heterocycles. The number of hydrogen-bond donors (Lipinski definition) is 1. The predicted octanol–water partition coefficient (Wildman–Crippen LogP) is 1.96. The molecule has 0 bridgehead atoms. The van der Waals surface area contributed by atoms with Crippen molar-refractivity contribution >= 4 is 5.69 Å². The number of nitrogens with zero attached hydrogens (tertiary/aromatic N) is 2. The van der Waals surface area contributed by atoms with E-state index >= 15 is 0 Å². The Labute approximate surface area is 126 Å². The largest absolute Gasteiger partial charge is 0.492 e. The Hall–Kier alpha value is -1.33. The first-order chi connectivity index (χ1) is 10.3. The number of pyridine rings is 1. The third-order valence-corrected chi connectivity index (χ3v) is 4.25. The summed E-state index contributed by atoms with van der Waals surface area (Å²) in [4.78, 5) is 6.60. The fraction of sp³-hybridized carbons (Fsp3) is 0.688. The Balaban J connectivity index is 1.52. The van der Waals surface area contributed by atoms with Gasteiger partial charge in [0.2, 0.25) is 0 Å². The van der Waals surface area contributed by atoms with Crippen LogP contribution in [0.5, 0.6) is 5.75 Å². The van der Waals surface area contributed by atoms with Gasteiger partial charge in [0.25, 0.3) is 0 Å². The minimum absolute atomic E-state index is 0.267. The molecule has 116 valence electrons. The lowest BCUT2D eigenvalue weighted by Crippen LogP contribution is -2.42. The van der Waals surface area contributed by atoms with E-state index in [-0.39, 0.29) is 6.04 Å². The Morgan fingerprint density at radius 3 is 3.10 bits per heavy atom. The molecule has 0 amide bonds. The topological polar surface area (TPSA) is 60.6 Å². The van der Waals surface area contributed by atoms with Crippen molar-refractivity contribution in [3.05, 3.63) is 18.5 Å². The van der Waals surface area contributed by atoms with Gasteiger partial charge in [0.05, 0.1) is 30.8 Å². The van der Waals surface area contributed by atoms with Gasteiger partial charge >= 0.3 is 0 Å². The van der Waals surface area contributed by atoms with Crippen LogP contribution in [0.2, 0.25) is 0 Å². The van der Waals surface area contributed by atoms with E-state index in [9.17, 15) is 0 Å². The Morgan fingerprint density at radius 1 is 1.33 bits per heavy atom. The number of piperidine rings is 1. The highest BCUT2D eigenvalue weighted by Crippen LogP contribution is 2.23. The second-order valence-electron chi connectivity index (χ2n) is 6.00. The zero-order valence-corrected chi connectivity index (χ0v) is 12.5. The third kappa shape index (κ3) is 4.08. The normalized spacial score (nSPS) is 26.0. The highest BCUT2D eigenvalue weighted by Gasteiger charge is 2.18. The Morgan fingerprint density at radius 2 is 2.29 bits per heavy atom. The minimum atomic E-state index is 0.267. The number of rotatable bonds is 5. The number of ether oxygens (including phenoxy) is 2. The van der Waals surface area contributed by atoms with Gasteiger partial charge in [-0.1, -0.05) is 0 Å². The average Bonchev–Trinajstić information content (AvgIpc) is 3.01. The minimum Gasteiger partial charge on any atom is -0.492 e. The molecule has 3 heterocycles. The van der Waals surface area contributed by atoms with Crippen molar-refractivity contribution in [3.63, 3.8) is 0 Å². The van der Waals surface area contributed by atoms with Gasteiger partial charge in [-0.05, 0) is 25.7 Å². The molecule has 2 atom stereocenters. The summed E-state index contributed by atoms with van der Waals surface area (Å²) < 4.78 is 11.4. The molecular formula is C16H25N3O2. The molecule has 2 N–H and O–H groups in total. The summed E-state index contributed by atoms with van der Waals surface area (Å²) in [5.41, 5.74) is 7.15. The van der Waals surface area contributed by atoms with Crippen LogP contribution in [-0.4, -0.2) is 43.4 Å². The summed E-state index contributed by atoms with van der Waals surface area (Å²) in [6.07, 6.45) is 9.60. The van der Waals surface area contributed by atoms with Gasteiger partial charge in [0.1, 0.15) is 5.75 Å². The molecule has 0 spiro atoms. The summed E-state index contributed by atoms with van der Waals surface area (Å²) in [5, 5.41) is 0. The van der Waals surface area contributed by atoms with Crippen LogP contribution in [0, 0.1) is 0 Å². The monoisotopic (exact) mass is 291 g/mol. The van der Waals surface area contributed by atoms with Crippen molar-refractivity contribution in [2.24, 2.45) is 5.73 Å². The first-order valence-electron chi connectivity index (χ1n) is 8.01. The van der Waals surface area contributed by atoms with Crippen LogP contribution in [0.25, 0.3) is 0 Å². The van der Waals surface area contributed by atoms with Gasteiger partial charge in [-0.15, -0.1) is 0 Å². The molecule has 2 aliphatic rings. The molecule has 5 nitrogen and oxygen atoms in total. The van der Waals surface area contributed by atoms with Crippen molar-refractivity contribution < 1.29 is 9.47 Å². The molecule has 1 aromatic rings. The second kappa shape index (κ2) is 7.09. The third-order valence-electron chi connectivity index (χ3n) is 4.25. The molecule has 0 saturated carbocycles. The number of nitrogens with two attached hydrogens (primary N) is 1. The van der Waals surface area contributed by atoms with Gasteiger partial charge in [0, 0.05) is 38.2 Å². The first-order valence-corrected chi connectivity index (χ1v) is 8.01. The van der Waals surface area contributed by atoms with Crippen molar-refractivity contribution in [2.45, 2.75) is 44.2 Å². The fourth-order valence-corrected chi connectivity index (χ4v) is 3.08. The van der Waals surface area contributed by atoms with Crippen LogP contribution < -0.4 is 15.4 Å². The molecule has 0 radical (unpaired) electrons. The van der Waals surface area contributed by atoms with Crippen molar-refractivity contribution in [1.29, 1.82) is 0 Å². The molecule has 1 aromatic heterocycles. The van der Waals surface area contributed by atoms with Crippen LogP contribution >= 0.6 is 0 Å². The van der Waals surface area contributed by atoms with E-state index < -0.39 is 0 Å². The molecule has 0 aliphatic carbocycles. The molecule has 2 saturated heterocycles. The fourth-order valence-electron chi connectivity index (χ4n) is 3.08. The maximum atomic E-state index is 6.04. The van der Waals surface area contributed by atoms with Gasteiger partial charge in [-0.3, -0.25) is 4.98 Å². The lowest BCUT2D eigenvalue weighted by molar-refractivity contribution is 0.0903. The SMILES string of the molecule is NC1CCCN(c2cncc(OCCC3CCCO3)c2)C1. The molecule has 3 rings (SSSR count). The number of hydrogen-bond acceptors (Lipinski definition) is 5. The summed E-state index contributed by atoms with van der Waals surface area (Å²) in [7, 11) is 0. The number of anilines is 1. The van der Waals surface area contributed by atoms with Crippen LogP contribution in [0.1, 0.15) is 32.1 Å². The molecule has 0 aromatic carbocycles. The summed E-state index contributed by atoms with van der Waals surface area (Å²) >= 11 is 0. The number of aromatic nitrogens is 1. The lowest BCUT2D eigenvalue weighted by Gasteiger charge is -2.32. The maximum Gasteiger partial charge on any atom is 0.139 e. The van der Waals surface area contributed by atoms with Gasteiger partial charge in [0.15, 0.2) is 0 Å². The van der Waals surface area contributed by atoms with Crippen LogP contribution in [0.4, 0.5) is 5.69 Å². The van der Waals surface area contributed by atoms with E-state index in [1.54, 1.807) is 6.20 Å². The van der Waals surface area contributed by atoms with Crippen molar-refractivity contribution in [1.82, 2.24) is 4.98 Å². The van der Waals surface area contributed by atoms with E-state index in [0.29, 0.717) is 12.7 Å². The second-order valence-corrected chi connectivity index (χ2v) is 6.00. The summed E-state index contributed by atoms with van der Waals surface area (Å²) in [5.74, 6) is 0.838. The summed E-state index contributed by atoms with van der Waals surface area (Å²) in [6, 6.07) is 2.34. The highest BCUT2D eigenvalue weighted by atomic mass is 16.5. The van der Waals surface area contributed by atoms with Crippen molar-refractivity contribution in [2.75, 3.05) is 31.2 Å². The maximum absolute atomic E-state index is 6.04. The van der Waals surface area contributed by atoms with Crippen LogP contribution in [-0.2, 0) is 4.74 Å².